The Labute approximate surface area is 125 Å². The summed E-state index contributed by atoms with van der Waals surface area (Å²) in [5, 5.41) is 3.36. The molecule has 0 aromatic heterocycles. The van der Waals surface area contributed by atoms with Gasteiger partial charge in [0.15, 0.2) is 0 Å². The van der Waals surface area contributed by atoms with Gasteiger partial charge in [-0.2, -0.15) is 0 Å². The molecule has 1 atom stereocenters. The molecule has 0 aliphatic rings. The fraction of sp³-hybridized carbons (Fsp3) is 0.333. The Morgan fingerprint density at radius 2 is 1.76 bits per heavy atom. The van der Waals surface area contributed by atoms with Crippen LogP contribution in [0.3, 0.4) is 0 Å². The second-order valence-electron chi connectivity index (χ2n) is 5.32. The summed E-state index contributed by atoms with van der Waals surface area (Å²) in [4.78, 5) is 0. The molecule has 1 N–H and O–H groups in total. The Hall–Kier alpha value is -1.74. The average Bonchev–Trinajstić information content (AvgIpc) is 2.48. The number of hydrogen-bond donors (Lipinski definition) is 1. The zero-order valence-corrected chi connectivity index (χ0v) is 12.5. The van der Waals surface area contributed by atoms with E-state index in [2.05, 4.69) is 12.2 Å². The van der Waals surface area contributed by atoms with E-state index in [-0.39, 0.29) is 6.04 Å². The van der Waals surface area contributed by atoms with Crippen molar-refractivity contribution in [3.63, 3.8) is 0 Å². The summed E-state index contributed by atoms with van der Waals surface area (Å²) >= 11 is 0. The van der Waals surface area contributed by atoms with Gasteiger partial charge in [-0.1, -0.05) is 37.3 Å². The first-order valence-corrected chi connectivity index (χ1v) is 7.34. The van der Waals surface area contributed by atoms with Crippen molar-refractivity contribution in [2.75, 3.05) is 6.54 Å². The Bertz CT molecular complexity index is 581. The quantitative estimate of drug-likeness (QED) is 0.822. The summed E-state index contributed by atoms with van der Waals surface area (Å²) in [6, 6.07) is 12.4. The highest BCUT2D eigenvalue weighted by Gasteiger charge is 2.17. The molecule has 2 aromatic rings. The van der Waals surface area contributed by atoms with Crippen LogP contribution in [-0.2, 0) is 6.42 Å². The molecular formula is C18H21F2N. The lowest BCUT2D eigenvalue weighted by atomic mass is 9.96. The Balaban J connectivity index is 2.29. The molecule has 0 radical (unpaired) electrons. The van der Waals surface area contributed by atoms with E-state index in [0.717, 1.165) is 24.6 Å². The lowest BCUT2D eigenvalue weighted by molar-refractivity contribution is 0.489. The summed E-state index contributed by atoms with van der Waals surface area (Å²) in [6.07, 6.45) is 1.65. The van der Waals surface area contributed by atoms with Crippen molar-refractivity contribution in [3.05, 3.63) is 70.8 Å². The van der Waals surface area contributed by atoms with Crippen LogP contribution in [0.2, 0.25) is 0 Å². The Kier molecular flexibility index (Phi) is 5.45. The topological polar surface area (TPSA) is 12.0 Å². The van der Waals surface area contributed by atoms with Gasteiger partial charge in [-0.05, 0) is 43.5 Å². The van der Waals surface area contributed by atoms with Crippen molar-refractivity contribution in [1.82, 2.24) is 5.32 Å². The highest BCUT2D eigenvalue weighted by atomic mass is 19.1. The lowest BCUT2D eigenvalue weighted by Gasteiger charge is -2.20. The first kappa shape index (κ1) is 15.6. The van der Waals surface area contributed by atoms with E-state index in [4.69, 9.17) is 0 Å². The van der Waals surface area contributed by atoms with Gasteiger partial charge < -0.3 is 5.32 Å². The summed E-state index contributed by atoms with van der Waals surface area (Å²) < 4.78 is 27.6. The molecule has 0 aliphatic carbocycles. The third kappa shape index (κ3) is 4.11. The number of nitrogens with one attached hydrogen (secondary N) is 1. The molecule has 0 aliphatic heterocycles. The smallest absolute Gasteiger partial charge is 0.130 e. The predicted molar refractivity (Wildman–Crippen MR) is 82.3 cm³/mol. The minimum atomic E-state index is -0.495. The highest BCUT2D eigenvalue weighted by molar-refractivity contribution is 5.30. The van der Waals surface area contributed by atoms with Crippen molar-refractivity contribution >= 4 is 0 Å². The van der Waals surface area contributed by atoms with Crippen LogP contribution < -0.4 is 5.32 Å². The minimum absolute atomic E-state index is 0.147. The molecule has 1 nitrogen and oxygen atoms in total. The third-order valence-electron chi connectivity index (χ3n) is 3.58. The highest BCUT2D eigenvalue weighted by Crippen LogP contribution is 2.24. The van der Waals surface area contributed by atoms with E-state index >= 15 is 0 Å². The first-order valence-electron chi connectivity index (χ1n) is 7.34. The van der Waals surface area contributed by atoms with Gasteiger partial charge in [-0.15, -0.1) is 0 Å². The van der Waals surface area contributed by atoms with Crippen LogP contribution in [-0.4, -0.2) is 6.54 Å². The molecule has 21 heavy (non-hydrogen) atoms. The maximum absolute atomic E-state index is 14.1. The SMILES string of the molecule is CCCNC(Cc1ccccc1)c1cc(C)c(F)cc1F. The van der Waals surface area contributed by atoms with Crippen molar-refractivity contribution in [2.24, 2.45) is 0 Å². The van der Waals surface area contributed by atoms with Crippen molar-refractivity contribution < 1.29 is 8.78 Å². The normalized spacial score (nSPS) is 12.4. The zero-order chi connectivity index (χ0) is 15.2. The molecular weight excluding hydrogens is 268 g/mol. The van der Waals surface area contributed by atoms with Crippen LogP contribution in [0, 0.1) is 18.6 Å². The molecule has 0 amide bonds. The molecule has 0 heterocycles. The number of benzene rings is 2. The number of hydrogen-bond acceptors (Lipinski definition) is 1. The van der Waals surface area contributed by atoms with Gasteiger partial charge in [0.05, 0.1) is 0 Å². The van der Waals surface area contributed by atoms with Crippen molar-refractivity contribution in [3.8, 4) is 0 Å². The zero-order valence-electron chi connectivity index (χ0n) is 12.5. The van der Waals surface area contributed by atoms with Crippen LogP contribution in [0.4, 0.5) is 8.78 Å². The molecule has 0 bridgehead atoms. The van der Waals surface area contributed by atoms with E-state index in [1.54, 1.807) is 13.0 Å². The summed E-state index contributed by atoms with van der Waals surface area (Å²) in [5.74, 6) is -0.979. The Morgan fingerprint density at radius 3 is 2.43 bits per heavy atom. The standard InChI is InChI=1S/C18H21F2N/c1-3-9-21-18(11-14-7-5-4-6-8-14)15-10-13(2)16(19)12-17(15)20/h4-8,10,12,18,21H,3,9,11H2,1-2H3. The van der Waals surface area contributed by atoms with Crippen LogP contribution in [0.1, 0.15) is 36.1 Å². The van der Waals surface area contributed by atoms with Crippen LogP contribution in [0.25, 0.3) is 0 Å². The van der Waals surface area contributed by atoms with Gasteiger partial charge >= 0.3 is 0 Å². The second-order valence-corrected chi connectivity index (χ2v) is 5.32. The fourth-order valence-corrected chi connectivity index (χ4v) is 2.41. The van der Waals surface area contributed by atoms with Gasteiger partial charge in [0.1, 0.15) is 11.6 Å². The largest absolute Gasteiger partial charge is 0.310 e. The maximum Gasteiger partial charge on any atom is 0.130 e. The molecule has 112 valence electrons. The second kappa shape index (κ2) is 7.32. The van der Waals surface area contributed by atoms with E-state index in [0.29, 0.717) is 17.5 Å². The summed E-state index contributed by atoms with van der Waals surface area (Å²) in [5.41, 5.74) is 2.14. The molecule has 2 rings (SSSR count). The number of aryl methyl sites for hydroxylation is 1. The fourth-order valence-electron chi connectivity index (χ4n) is 2.41. The van der Waals surface area contributed by atoms with Gasteiger partial charge in [0, 0.05) is 17.7 Å². The molecule has 0 saturated carbocycles. The van der Waals surface area contributed by atoms with E-state index in [9.17, 15) is 8.78 Å². The molecule has 0 saturated heterocycles. The lowest BCUT2D eigenvalue weighted by Crippen LogP contribution is -2.25. The van der Waals surface area contributed by atoms with Crippen molar-refractivity contribution in [2.45, 2.75) is 32.7 Å². The van der Waals surface area contributed by atoms with Gasteiger partial charge in [-0.25, -0.2) is 8.78 Å². The van der Waals surface area contributed by atoms with E-state index in [1.165, 1.54) is 0 Å². The molecule has 0 spiro atoms. The number of halogens is 2. The third-order valence-corrected chi connectivity index (χ3v) is 3.58. The van der Waals surface area contributed by atoms with E-state index in [1.807, 2.05) is 30.3 Å². The van der Waals surface area contributed by atoms with Gasteiger partial charge in [0.25, 0.3) is 0 Å². The van der Waals surface area contributed by atoms with E-state index < -0.39 is 11.6 Å². The first-order chi connectivity index (χ1) is 10.1. The van der Waals surface area contributed by atoms with Crippen LogP contribution in [0.15, 0.2) is 42.5 Å². The minimum Gasteiger partial charge on any atom is -0.310 e. The molecule has 0 fully saturated rings. The maximum atomic E-state index is 14.1. The van der Waals surface area contributed by atoms with Gasteiger partial charge in [-0.3, -0.25) is 0 Å². The number of rotatable bonds is 6. The predicted octanol–water partition coefficient (Wildman–Crippen LogP) is 4.56. The average molecular weight is 289 g/mol. The van der Waals surface area contributed by atoms with Gasteiger partial charge in [0.2, 0.25) is 0 Å². The molecule has 2 aromatic carbocycles. The Morgan fingerprint density at radius 1 is 1.05 bits per heavy atom. The summed E-state index contributed by atoms with van der Waals surface area (Å²) in [6.45, 7) is 4.53. The monoisotopic (exact) mass is 289 g/mol. The van der Waals surface area contributed by atoms with Crippen molar-refractivity contribution in [1.29, 1.82) is 0 Å². The van der Waals surface area contributed by atoms with Crippen LogP contribution in [0.5, 0.6) is 0 Å². The summed E-state index contributed by atoms with van der Waals surface area (Å²) in [7, 11) is 0. The molecule has 3 heteroatoms. The molecule has 1 unspecified atom stereocenters. The van der Waals surface area contributed by atoms with Crippen LogP contribution >= 0.6 is 0 Å².